The van der Waals surface area contributed by atoms with Gasteiger partial charge >= 0.3 is 0 Å². The lowest BCUT2D eigenvalue weighted by Crippen LogP contribution is -2.33. The second-order valence-electron chi connectivity index (χ2n) is 3.44. The van der Waals surface area contributed by atoms with Crippen molar-refractivity contribution in [2.24, 2.45) is 20.0 Å². The van der Waals surface area contributed by atoms with Crippen molar-refractivity contribution in [1.82, 2.24) is 0 Å². The molecule has 0 fully saturated rings. The first-order valence-electron chi connectivity index (χ1n) is 4.78. The van der Waals surface area contributed by atoms with Crippen LogP contribution < -0.4 is 0 Å². The third-order valence-corrected chi connectivity index (χ3v) is 2.70. The van der Waals surface area contributed by atoms with Gasteiger partial charge in [0, 0.05) is 5.56 Å². The topological polar surface area (TPSA) is 49.4 Å². The van der Waals surface area contributed by atoms with Gasteiger partial charge in [-0.05, 0) is 11.6 Å². The van der Waals surface area contributed by atoms with Crippen LogP contribution in [-0.4, -0.2) is 23.6 Å². The quantitative estimate of drug-likeness (QED) is 0.663. The fourth-order valence-corrected chi connectivity index (χ4v) is 1.95. The molecule has 2 heterocycles. The Hall–Kier alpha value is -1.81. The van der Waals surface area contributed by atoms with Crippen molar-refractivity contribution in [2.75, 3.05) is 0 Å². The molecule has 5 heteroatoms. The van der Waals surface area contributed by atoms with Crippen LogP contribution in [-0.2, 0) is 5.66 Å². The van der Waals surface area contributed by atoms with E-state index in [1.807, 2.05) is 30.3 Å². The van der Waals surface area contributed by atoms with Crippen molar-refractivity contribution in [3.05, 3.63) is 35.9 Å². The van der Waals surface area contributed by atoms with Crippen LogP contribution >= 0.6 is 11.6 Å². The normalized spacial score (nSPS) is 26.3. The summed E-state index contributed by atoms with van der Waals surface area (Å²) in [5, 5.41) is 0.196. The Morgan fingerprint density at radius 3 is 2.75 bits per heavy atom. The molecule has 0 saturated heterocycles. The lowest BCUT2D eigenvalue weighted by molar-refractivity contribution is 0.664. The highest BCUT2D eigenvalue weighted by molar-refractivity contribution is 6.67. The molecule has 1 unspecified atom stereocenters. The van der Waals surface area contributed by atoms with Crippen molar-refractivity contribution >= 4 is 35.2 Å². The van der Waals surface area contributed by atoms with Crippen molar-refractivity contribution in [3.8, 4) is 0 Å². The number of rotatable bonds is 1. The van der Waals surface area contributed by atoms with Gasteiger partial charge in [0.05, 0.1) is 6.21 Å². The smallest absolute Gasteiger partial charge is 0.224 e. The van der Waals surface area contributed by atoms with Gasteiger partial charge in [0.1, 0.15) is 12.1 Å². The van der Waals surface area contributed by atoms with E-state index in [0.717, 1.165) is 5.56 Å². The molecule has 1 aromatic rings. The SMILES string of the molecule is ClC1=NC2(c3ccccc3)N=CN=C2C=N1. The van der Waals surface area contributed by atoms with Crippen molar-refractivity contribution in [2.45, 2.75) is 5.66 Å². The molecular formula is C11H7ClN4. The van der Waals surface area contributed by atoms with Crippen LogP contribution in [0.4, 0.5) is 0 Å². The maximum atomic E-state index is 5.85. The molecule has 2 aliphatic rings. The lowest BCUT2D eigenvalue weighted by Gasteiger charge is -2.24. The molecule has 0 aromatic heterocycles. The molecule has 3 rings (SSSR count). The zero-order chi connectivity index (χ0) is 11.0. The van der Waals surface area contributed by atoms with E-state index in [1.54, 1.807) is 6.21 Å². The third kappa shape index (κ3) is 1.23. The minimum Gasteiger partial charge on any atom is -0.235 e. The van der Waals surface area contributed by atoms with Crippen molar-refractivity contribution < 1.29 is 0 Å². The van der Waals surface area contributed by atoms with Crippen LogP contribution in [0.2, 0.25) is 0 Å². The van der Waals surface area contributed by atoms with E-state index >= 15 is 0 Å². The molecule has 2 aliphatic heterocycles. The van der Waals surface area contributed by atoms with Crippen LogP contribution in [0, 0.1) is 0 Å². The number of nitrogens with zero attached hydrogens (tertiary/aromatic N) is 4. The van der Waals surface area contributed by atoms with Crippen LogP contribution in [0.1, 0.15) is 5.56 Å². The molecule has 0 amide bonds. The molecule has 0 bridgehead atoms. The standard InChI is InChI=1S/C11H7ClN4/c12-10-13-6-9-11(16-10,15-7-14-9)8-4-2-1-3-5-8/h1-7H. The minimum absolute atomic E-state index is 0.196. The van der Waals surface area contributed by atoms with E-state index in [4.69, 9.17) is 11.6 Å². The molecule has 78 valence electrons. The highest BCUT2D eigenvalue weighted by Crippen LogP contribution is 2.33. The summed E-state index contributed by atoms with van der Waals surface area (Å²) in [6, 6.07) is 9.71. The van der Waals surface area contributed by atoms with Crippen LogP contribution in [0.5, 0.6) is 0 Å². The summed E-state index contributed by atoms with van der Waals surface area (Å²) in [7, 11) is 0. The molecule has 1 aromatic carbocycles. The molecule has 1 atom stereocenters. The Labute approximate surface area is 97.1 Å². The van der Waals surface area contributed by atoms with Gasteiger partial charge in [-0.3, -0.25) is 0 Å². The zero-order valence-corrected chi connectivity index (χ0v) is 8.96. The Morgan fingerprint density at radius 1 is 1.12 bits per heavy atom. The van der Waals surface area contributed by atoms with Crippen LogP contribution in [0.3, 0.4) is 0 Å². The Morgan fingerprint density at radius 2 is 1.94 bits per heavy atom. The monoisotopic (exact) mass is 230 g/mol. The first-order chi connectivity index (χ1) is 7.81. The van der Waals surface area contributed by atoms with Crippen molar-refractivity contribution in [1.29, 1.82) is 0 Å². The fourth-order valence-electron chi connectivity index (χ4n) is 1.77. The number of aliphatic imine (C=N–C) groups is 4. The molecule has 0 N–H and O–H groups in total. The molecule has 0 saturated carbocycles. The average Bonchev–Trinajstić information content (AvgIpc) is 2.74. The summed E-state index contributed by atoms with van der Waals surface area (Å²) in [6.45, 7) is 0. The van der Waals surface area contributed by atoms with Gasteiger partial charge in [0.25, 0.3) is 0 Å². The first-order valence-corrected chi connectivity index (χ1v) is 5.16. The molecule has 4 nitrogen and oxygen atoms in total. The summed E-state index contributed by atoms with van der Waals surface area (Å²) < 4.78 is 0. The number of hydrogen-bond acceptors (Lipinski definition) is 4. The number of hydrogen-bond donors (Lipinski definition) is 0. The largest absolute Gasteiger partial charge is 0.235 e. The predicted molar refractivity (Wildman–Crippen MR) is 65.8 cm³/mol. The molecule has 0 aliphatic carbocycles. The van der Waals surface area contributed by atoms with Gasteiger partial charge in [-0.15, -0.1) is 0 Å². The summed E-state index contributed by atoms with van der Waals surface area (Å²) in [5.41, 5.74) is 0.815. The summed E-state index contributed by atoms with van der Waals surface area (Å²) in [6.07, 6.45) is 3.10. The molecule has 0 spiro atoms. The average molecular weight is 231 g/mol. The van der Waals surface area contributed by atoms with E-state index in [-0.39, 0.29) is 5.29 Å². The maximum absolute atomic E-state index is 5.85. The minimum atomic E-state index is -0.819. The van der Waals surface area contributed by atoms with Gasteiger partial charge < -0.3 is 0 Å². The molecule has 16 heavy (non-hydrogen) atoms. The Balaban J connectivity index is 2.21. The highest BCUT2D eigenvalue weighted by atomic mass is 35.5. The van der Waals surface area contributed by atoms with E-state index in [9.17, 15) is 0 Å². The maximum Gasteiger partial charge on any atom is 0.224 e. The third-order valence-electron chi connectivity index (χ3n) is 2.52. The van der Waals surface area contributed by atoms with E-state index < -0.39 is 5.66 Å². The van der Waals surface area contributed by atoms with Crippen molar-refractivity contribution in [3.63, 3.8) is 0 Å². The second-order valence-corrected chi connectivity index (χ2v) is 3.77. The number of amidine groups is 1. The van der Waals surface area contributed by atoms with Crippen LogP contribution in [0.15, 0.2) is 50.3 Å². The van der Waals surface area contributed by atoms with Gasteiger partial charge in [0.15, 0.2) is 0 Å². The fraction of sp³-hybridized carbons (Fsp3) is 0.0909. The molecule has 0 radical (unpaired) electrons. The Kier molecular flexibility index (Phi) is 1.97. The number of benzene rings is 1. The predicted octanol–water partition coefficient (Wildman–Crippen LogP) is 2.00. The summed E-state index contributed by atoms with van der Waals surface area (Å²) in [4.78, 5) is 16.7. The van der Waals surface area contributed by atoms with E-state index in [2.05, 4.69) is 20.0 Å². The summed E-state index contributed by atoms with van der Waals surface area (Å²) >= 11 is 5.85. The van der Waals surface area contributed by atoms with E-state index in [0.29, 0.717) is 5.71 Å². The van der Waals surface area contributed by atoms with E-state index in [1.165, 1.54) is 6.34 Å². The van der Waals surface area contributed by atoms with Gasteiger partial charge in [-0.2, -0.15) is 0 Å². The second kappa shape index (κ2) is 3.35. The first kappa shape index (κ1) is 9.42. The van der Waals surface area contributed by atoms with Gasteiger partial charge in [0.2, 0.25) is 11.0 Å². The Bertz CT molecular complexity index is 544. The van der Waals surface area contributed by atoms with Gasteiger partial charge in [-0.25, -0.2) is 20.0 Å². The van der Waals surface area contributed by atoms with Crippen LogP contribution in [0.25, 0.3) is 0 Å². The lowest BCUT2D eigenvalue weighted by atomic mass is 9.95. The highest BCUT2D eigenvalue weighted by Gasteiger charge is 2.40. The number of fused-ring (bicyclic) bond motifs is 1. The zero-order valence-electron chi connectivity index (χ0n) is 8.21. The number of halogens is 1. The summed E-state index contributed by atoms with van der Waals surface area (Å²) in [5.74, 6) is 0. The molecular weight excluding hydrogens is 224 g/mol. The van der Waals surface area contributed by atoms with Gasteiger partial charge in [-0.1, -0.05) is 30.3 Å².